The Labute approximate surface area is 97.3 Å². The molecule has 2 aliphatic rings. The van der Waals surface area contributed by atoms with E-state index in [2.05, 4.69) is 5.32 Å². The molecule has 0 aliphatic heterocycles. The van der Waals surface area contributed by atoms with E-state index in [1.165, 1.54) is 6.26 Å². The van der Waals surface area contributed by atoms with Crippen LogP contribution in [0.2, 0.25) is 0 Å². The van der Waals surface area contributed by atoms with Crippen molar-refractivity contribution in [1.29, 1.82) is 0 Å². The highest BCUT2D eigenvalue weighted by Gasteiger charge is 2.36. The molecule has 2 rings (SSSR count). The van der Waals surface area contributed by atoms with Crippen LogP contribution in [-0.4, -0.2) is 43.7 Å². The molecule has 2 aliphatic carbocycles. The average Bonchev–Trinajstić information content (AvgIpc) is 2.91. The molecule has 3 unspecified atom stereocenters. The number of aliphatic hydroxyl groups is 1. The quantitative estimate of drug-likeness (QED) is 0.734. The molecule has 0 amide bonds. The van der Waals surface area contributed by atoms with E-state index in [1.54, 1.807) is 0 Å². The standard InChI is InChI=1S/C11H21NO3S/c1-16(14,15)11-4-2-3-9(11)12-7-10(13)8-5-6-8/h8-13H,2-7H2,1H3. The van der Waals surface area contributed by atoms with Gasteiger partial charge in [-0.1, -0.05) is 6.42 Å². The molecule has 0 bridgehead atoms. The maximum Gasteiger partial charge on any atom is 0.151 e. The Balaban J connectivity index is 1.83. The number of hydrogen-bond donors (Lipinski definition) is 2. The Morgan fingerprint density at radius 2 is 2.00 bits per heavy atom. The molecule has 0 saturated heterocycles. The zero-order chi connectivity index (χ0) is 11.8. The first kappa shape index (κ1) is 12.3. The second-order valence-electron chi connectivity index (χ2n) is 5.22. The van der Waals surface area contributed by atoms with Crippen LogP contribution < -0.4 is 5.32 Å². The van der Waals surface area contributed by atoms with Crippen LogP contribution in [0.4, 0.5) is 0 Å². The lowest BCUT2D eigenvalue weighted by Gasteiger charge is -2.21. The van der Waals surface area contributed by atoms with E-state index in [0.717, 1.165) is 32.1 Å². The first-order valence-electron chi connectivity index (χ1n) is 6.09. The second kappa shape index (κ2) is 4.63. The Morgan fingerprint density at radius 1 is 1.31 bits per heavy atom. The van der Waals surface area contributed by atoms with Crippen LogP contribution >= 0.6 is 0 Å². The summed E-state index contributed by atoms with van der Waals surface area (Å²) < 4.78 is 23.1. The molecule has 16 heavy (non-hydrogen) atoms. The van der Waals surface area contributed by atoms with Gasteiger partial charge in [-0.3, -0.25) is 0 Å². The molecule has 2 saturated carbocycles. The van der Waals surface area contributed by atoms with Crippen LogP contribution in [0.25, 0.3) is 0 Å². The van der Waals surface area contributed by atoms with Crippen LogP contribution in [0.15, 0.2) is 0 Å². The van der Waals surface area contributed by atoms with E-state index in [-0.39, 0.29) is 17.4 Å². The number of sulfone groups is 1. The summed E-state index contributed by atoms with van der Waals surface area (Å²) in [5, 5.41) is 12.7. The van der Waals surface area contributed by atoms with Gasteiger partial charge in [0, 0.05) is 18.8 Å². The molecule has 0 aromatic heterocycles. The Hall–Kier alpha value is -0.130. The van der Waals surface area contributed by atoms with Crippen molar-refractivity contribution in [1.82, 2.24) is 5.32 Å². The van der Waals surface area contributed by atoms with Gasteiger partial charge >= 0.3 is 0 Å². The molecule has 2 N–H and O–H groups in total. The minimum atomic E-state index is -2.95. The van der Waals surface area contributed by atoms with E-state index in [0.29, 0.717) is 12.5 Å². The molecule has 4 nitrogen and oxygen atoms in total. The molecule has 0 radical (unpaired) electrons. The molecule has 0 aromatic rings. The third-order valence-corrected chi connectivity index (χ3v) is 5.42. The fourth-order valence-corrected chi connectivity index (χ4v) is 4.02. The lowest BCUT2D eigenvalue weighted by Crippen LogP contribution is -2.43. The highest BCUT2D eigenvalue weighted by Crippen LogP contribution is 2.32. The first-order valence-corrected chi connectivity index (χ1v) is 8.04. The van der Waals surface area contributed by atoms with Gasteiger partial charge in [0.15, 0.2) is 9.84 Å². The third-order valence-electron chi connectivity index (χ3n) is 3.76. The van der Waals surface area contributed by atoms with E-state index >= 15 is 0 Å². The van der Waals surface area contributed by atoms with Crippen LogP contribution in [-0.2, 0) is 9.84 Å². The fraction of sp³-hybridized carbons (Fsp3) is 1.00. The van der Waals surface area contributed by atoms with Gasteiger partial charge in [0.25, 0.3) is 0 Å². The van der Waals surface area contributed by atoms with Gasteiger partial charge in [0.1, 0.15) is 0 Å². The second-order valence-corrected chi connectivity index (χ2v) is 7.48. The summed E-state index contributed by atoms with van der Waals surface area (Å²) in [7, 11) is -2.95. The van der Waals surface area contributed by atoms with E-state index in [4.69, 9.17) is 0 Å². The van der Waals surface area contributed by atoms with E-state index in [9.17, 15) is 13.5 Å². The van der Waals surface area contributed by atoms with Crippen LogP contribution in [0.5, 0.6) is 0 Å². The number of aliphatic hydroxyl groups excluding tert-OH is 1. The SMILES string of the molecule is CS(=O)(=O)C1CCCC1NCC(O)C1CC1. The van der Waals surface area contributed by atoms with Crippen molar-refractivity contribution in [2.24, 2.45) is 5.92 Å². The van der Waals surface area contributed by atoms with Crippen molar-refractivity contribution in [2.75, 3.05) is 12.8 Å². The molecule has 0 spiro atoms. The third kappa shape index (κ3) is 2.96. The molecular formula is C11H21NO3S. The highest BCUT2D eigenvalue weighted by molar-refractivity contribution is 7.91. The zero-order valence-electron chi connectivity index (χ0n) is 9.72. The van der Waals surface area contributed by atoms with Gasteiger partial charge < -0.3 is 10.4 Å². The maximum absolute atomic E-state index is 11.5. The van der Waals surface area contributed by atoms with E-state index < -0.39 is 9.84 Å². The minimum Gasteiger partial charge on any atom is -0.392 e. The Bertz CT molecular complexity index is 337. The summed E-state index contributed by atoms with van der Waals surface area (Å²) in [6.07, 6.45) is 5.89. The Kier molecular flexibility index (Phi) is 3.56. The Morgan fingerprint density at radius 3 is 2.56 bits per heavy atom. The fourth-order valence-electron chi connectivity index (χ4n) is 2.59. The van der Waals surface area contributed by atoms with Crippen molar-refractivity contribution in [3.8, 4) is 0 Å². The monoisotopic (exact) mass is 247 g/mol. The highest BCUT2D eigenvalue weighted by atomic mass is 32.2. The van der Waals surface area contributed by atoms with Crippen molar-refractivity contribution >= 4 is 9.84 Å². The lowest BCUT2D eigenvalue weighted by molar-refractivity contribution is 0.145. The summed E-state index contributed by atoms with van der Waals surface area (Å²) in [4.78, 5) is 0. The predicted octanol–water partition coefficient (Wildman–Crippen LogP) is 0.313. The minimum absolute atomic E-state index is 0.0448. The topological polar surface area (TPSA) is 66.4 Å². The number of hydrogen-bond acceptors (Lipinski definition) is 4. The molecule has 3 atom stereocenters. The predicted molar refractivity (Wildman–Crippen MR) is 63.0 cm³/mol. The molecule has 0 aromatic carbocycles. The number of nitrogens with one attached hydrogen (secondary N) is 1. The van der Waals surface area contributed by atoms with Crippen LogP contribution in [0.3, 0.4) is 0 Å². The van der Waals surface area contributed by atoms with Gasteiger partial charge in [-0.25, -0.2) is 8.42 Å². The summed E-state index contributed by atoms with van der Waals surface area (Å²) in [6, 6.07) is 0.0448. The van der Waals surface area contributed by atoms with Crippen LogP contribution in [0, 0.1) is 5.92 Å². The van der Waals surface area contributed by atoms with Gasteiger partial charge in [-0.05, 0) is 31.6 Å². The summed E-state index contributed by atoms with van der Waals surface area (Å²) >= 11 is 0. The normalized spacial score (nSPS) is 32.9. The first-order chi connectivity index (χ1) is 7.48. The lowest BCUT2D eigenvalue weighted by atomic mass is 10.2. The molecular weight excluding hydrogens is 226 g/mol. The zero-order valence-corrected chi connectivity index (χ0v) is 10.5. The van der Waals surface area contributed by atoms with Crippen molar-refractivity contribution < 1.29 is 13.5 Å². The molecule has 5 heteroatoms. The van der Waals surface area contributed by atoms with Gasteiger partial charge in [-0.2, -0.15) is 0 Å². The molecule has 94 valence electrons. The van der Waals surface area contributed by atoms with E-state index in [1.807, 2.05) is 0 Å². The maximum atomic E-state index is 11.5. The van der Waals surface area contributed by atoms with Crippen molar-refractivity contribution in [3.05, 3.63) is 0 Å². The van der Waals surface area contributed by atoms with Crippen molar-refractivity contribution in [3.63, 3.8) is 0 Å². The smallest absolute Gasteiger partial charge is 0.151 e. The van der Waals surface area contributed by atoms with Crippen LogP contribution in [0.1, 0.15) is 32.1 Å². The van der Waals surface area contributed by atoms with Crippen molar-refractivity contribution in [2.45, 2.75) is 49.5 Å². The summed E-state index contributed by atoms with van der Waals surface area (Å²) in [6.45, 7) is 0.543. The summed E-state index contributed by atoms with van der Waals surface area (Å²) in [5.74, 6) is 0.450. The number of rotatable bonds is 5. The summed E-state index contributed by atoms with van der Waals surface area (Å²) in [5.41, 5.74) is 0. The van der Waals surface area contributed by atoms with Gasteiger partial charge in [-0.15, -0.1) is 0 Å². The molecule has 2 fully saturated rings. The largest absolute Gasteiger partial charge is 0.392 e. The van der Waals surface area contributed by atoms with Gasteiger partial charge in [0.05, 0.1) is 11.4 Å². The average molecular weight is 247 g/mol. The molecule has 0 heterocycles. The van der Waals surface area contributed by atoms with Gasteiger partial charge in [0.2, 0.25) is 0 Å².